The summed E-state index contributed by atoms with van der Waals surface area (Å²) < 4.78 is 0. The average molecular weight is 310 g/mol. The lowest BCUT2D eigenvalue weighted by atomic mass is 10.0. The lowest BCUT2D eigenvalue weighted by Gasteiger charge is -2.08. The second kappa shape index (κ2) is 7.24. The fraction of sp³-hybridized carbons (Fsp3) is 1.00. The smallest absolute Gasteiger partial charge is 0.00104 e. The van der Waals surface area contributed by atoms with Gasteiger partial charge in [-0.05, 0) is 53.4 Å². The normalized spacial score (nSPS) is 34.4. The average Bonchev–Trinajstić information content (AvgIpc) is 3.05. The van der Waals surface area contributed by atoms with E-state index in [9.17, 15) is 0 Å². The van der Waals surface area contributed by atoms with Crippen LogP contribution in [0.4, 0.5) is 0 Å². The second-order valence-corrected chi connectivity index (χ2v) is 9.97. The molecule has 0 aromatic carbocycles. The summed E-state index contributed by atoms with van der Waals surface area (Å²) in [5, 5.41) is 3.49. The van der Waals surface area contributed by atoms with E-state index in [2.05, 4.69) is 74.6 Å². The Morgan fingerprint density at radius 1 is 0.818 bits per heavy atom. The molecule has 2 aliphatic carbocycles. The summed E-state index contributed by atoms with van der Waals surface area (Å²) in [4.78, 5) is 0. The summed E-state index contributed by atoms with van der Waals surface area (Å²) in [6.07, 6.45) is 2.87. The first kappa shape index (κ1) is 20.0. The highest BCUT2D eigenvalue weighted by Crippen LogP contribution is 2.60. The fourth-order valence-corrected chi connectivity index (χ4v) is 3.97. The maximum atomic E-state index is 3.49. The van der Waals surface area contributed by atoms with Crippen LogP contribution in [0.15, 0.2) is 0 Å². The van der Waals surface area contributed by atoms with Crippen LogP contribution >= 0.6 is 0 Å². The minimum atomic E-state index is 0.599. The molecular weight excluding hydrogens is 266 g/mol. The van der Waals surface area contributed by atoms with Gasteiger partial charge in [0.15, 0.2) is 0 Å². The minimum absolute atomic E-state index is 0.599. The third-order valence-electron chi connectivity index (χ3n) is 7.05. The molecule has 2 rings (SSSR count). The Balaban J connectivity index is 0.000000220. The third kappa shape index (κ3) is 4.98. The Morgan fingerprint density at radius 3 is 1.50 bits per heavy atom. The highest BCUT2D eigenvalue weighted by atomic mass is 14.9. The molecule has 0 amide bonds. The first-order chi connectivity index (χ1) is 9.92. The number of rotatable bonds is 6. The largest absolute Gasteiger partial charge is 0.314 e. The summed E-state index contributed by atoms with van der Waals surface area (Å²) in [7, 11) is 0. The van der Waals surface area contributed by atoms with Crippen molar-refractivity contribution in [2.75, 3.05) is 6.54 Å². The standard InChI is InChI=1S/C11H22.C10H21N/c1-8(2)6-7-10-9(3)11(10,4)5;1-7(2)11-6-9-8(3)10(9,4)5/h8-10H,6-7H2,1-5H3;7-9,11H,6H2,1-5H3. The topological polar surface area (TPSA) is 12.0 Å². The van der Waals surface area contributed by atoms with Gasteiger partial charge in [0, 0.05) is 6.04 Å². The Hall–Kier alpha value is -0.0400. The summed E-state index contributed by atoms with van der Waals surface area (Å²) in [5.74, 6) is 4.70. The molecule has 2 fully saturated rings. The molecule has 0 bridgehead atoms. The molecule has 4 unspecified atom stereocenters. The molecule has 0 spiro atoms. The molecular formula is C21H43N. The first-order valence-corrected chi connectivity index (χ1v) is 9.65. The molecule has 22 heavy (non-hydrogen) atoms. The number of hydrogen-bond donors (Lipinski definition) is 1. The van der Waals surface area contributed by atoms with Gasteiger partial charge in [-0.2, -0.15) is 0 Å². The molecule has 1 heteroatoms. The van der Waals surface area contributed by atoms with Gasteiger partial charge < -0.3 is 5.32 Å². The Kier molecular flexibility index (Phi) is 6.58. The van der Waals surface area contributed by atoms with E-state index in [0.717, 1.165) is 29.6 Å². The third-order valence-corrected chi connectivity index (χ3v) is 7.05. The van der Waals surface area contributed by atoms with Crippen LogP contribution in [0.1, 0.15) is 82.1 Å². The van der Waals surface area contributed by atoms with Gasteiger partial charge in [0.2, 0.25) is 0 Å². The quantitative estimate of drug-likeness (QED) is 0.635. The first-order valence-electron chi connectivity index (χ1n) is 9.65. The van der Waals surface area contributed by atoms with Crippen molar-refractivity contribution in [2.24, 2.45) is 40.4 Å². The zero-order chi connectivity index (χ0) is 17.3. The molecule has 0 aromatic rings. The molecule has 0 aliphatic heterocycles. The maximum Gasteiger partial charge on any atom is 0.00104 e. The molecule has 132 valence electrons. The van der Waals surface area contributed by atoms with Crippen molar-refractivity contribution < 1.29 is 0 Å². The summed E-state index contributed by atoms with van der Waals surface area (Å²) >= 11 is 0. The van der Waals surface area contributed by atoms with E-state index in [4.69, 9.17) is 0 Å². The van der Waals surface area contributed by atoms with Crippen LogP contribution in [-0.4, -0.2) is 12.6 Å². The van der Waals surface area contributed by atoms with Gasteiger partial charge in [-0.1, -0.05) is 75.7 Å². The van der Waals surface area contributed by atoms with Crippen LogP contribution in [0.5, 0.6) is 0 Å². The molecule has 1 nitrogen and oxygen atoms in total. The van der Waals surface area contributed by atoms with Crippen LogP contribution in [0.2, 0.25) is 0 Å². The highest BCUT2D eigenvalue weighted by molar-refractivity contribution is 5.03. The van der Waals surface area contributed by atoms with Crippen molar-refractivity contribution >= 4 is 0 Å². The van der Waals surface area contributed by atoms with Crippen LogP contribution in [0, 0.1) is 40.4 Å². The summed E-state index contributed by atoms with van der Waals surface area (Å²) in [5.41, 5.74) is 1.26. The predicted octanol–water partition coefficient (Wildman–Crippen LogP) is 5.99. The van der Waals surface area contributed by atoms with Crippen LogP contribution in [0.25, 0.3) is 0 Å². The van der Waals surface area contributed by atoms with Gasteiger partial charge in [-0.25, -0.2) is 0 Å². The van der Waals surface area contributed by atoms with Crippen LogP contribution in [0.3, 0.4) is 0 Å². The van der Waals surface area contributed by atoms with Crippen molar-refractivity contribution in [3.63, 3.8) is 0 Å². The SMILES string of the molecule is CC(C)CCC1C(C)C1(C)C.CC(C)NCC1C(C)C1(C)C. The zero-order valence-corrected chi connectivity index (χ0v) is 17.1. The Bertz CT molecular complexity index is 306. The van der Waals surface area contributed by atoms with E-state index in [-0.39, 0.29) is 0 Å². The maximum absolute atomic E-state index is 3.49. The lowest BCUT2D eigenvalue weighted by Crippen LogP contribution is -2.26. The number of hydrogen-bond acceptors (Lipinski definition) is 1. The monoisotopic (exact) mass is 309 g/mol. The molecule has 0 heterocycles. The highest BCUT2D eigenvalue weighted by Gasteiger charge is 2.54. The van der Waals surface area contributed by atoms with E-state index in [1.54, 1.807) is 0 Å². The Labute approximate surface area is 141 Å². The van der Waals surface area contributed by atoms with Crippen molar-refractivity contribution in [1.29, 1.82) is 0 Å². The van der Waals surface area contributed by atoms with Crippen molar-refractivity contribution in [3.05, 3.63) is 0 Å². The van der Waals surface area contributed by atoms with Gasteiger partial charge in [-0.3, -0.25) is 0 Å². The second-order valence-electron chi connectivity index (χ2n) is 9.97. The summed E-state index contributed by atoms with van der Waals surface area (Å²) in [6, 6.07) is 0.638. The van der Waals surface area contributed by atoms with E-state index in [1.807, 2.05) is 0 Å². The van der Waals surface area contributed by atoms with Gasteiger partial charge in [0.25, 0.3) is 0 Å². The number of nitrogens with one attached hydrogen (secondary N) is 1. The van der Waals surface area contributed by atoms with E-state index in [1.165, 1.54) is 19.4 Å². The van der Waals surface area contributed by atoms with E-state index < -0.39 is 0 Å². The van der Waals surface area contributed by atoms with Crippen molar-refractivity contribution in [1.82, 2.24) is 5.32 Å². The van der Waals surface area contributed by atoms with Crippen molar-refractivity contribution in [2.45, 2.75) is 88.1 Å². The predicted molar refractivity (Wildman–Crippen MR) is 100 cm³/mol. The molecule has 0 radical (unpaired) electrons. The van der Waals surface area contributed by atoms with E-state index in [0.29, 0.717) is 16.9 Å². The van der Waals surface area contributed by atoms with Gasteiger partial charge in [0.1, 0.15) is 0 Å². The van der Waals surface area contributed by atoms with Gasteiger partial charge >= 0.3 is 0 Å². The molecule has 2 saturated carbocycles. The summed E-state index contributed by atoms with van der Waals surface area (Å²) in [6.45, 7) is 24.5. The minimum Gasteiger partial charge on any atom is -0.314 e. The molecule has 0 aromatic heterocycles. The lowest BCUT2D eigenvalue weighted by molar-refractivity contribution is 0.468. The van der Waals surface area contributed by atoms with Gasteiger partial charge in [0.05, 0.1) is 0 Å². The molecule has 1 N–H and O–H groups in total. The van der Waals surface area contributed by atoms with Crippen LogP contribution < -0.4 is 5.32 Å². The molecule has 0 saturated heterocycles. The fourth-order valence-electron chi connectivity index (χ4n) is 3.97. The zero-order valence-electron chi connectivity index (χ0n) is 17.1. The van der Waals surface area contributed by atoms with Gasteiger partial charge in [-0.15, -0.1) is 0 Å². The van der Waals surface area contributed by atoms with E-state index >= 15 is 0 Å². The Morgan fingerprint density at radius 2 is 1.23 bits per heavy atom. The van der Waals surface area contributed by atoms with Crippen molar-refractivity contribution in [3.8, 4) is 0 Å². The molecule has 2 aliphatic rings. The molecule has 4 atom stereocenters. The van der Waals surface area contributed by atoms with Crippen LogP contribution in [-0.2, 0) is 0 Å².